The van der Waals surface area contributed by atoms with Crippen LogP contribution in [-0.2, 0) is 16.0 Å². The molecule has 4 aliphatic rings. The number of hydrogen-bond donors (Lipinski definition) is 9. The van der Waals surface area contributed by atoms with Gasteiger partial charge in [-0.2, -0.15) is 0 Å². The number of carbonyl (C=O) groups is 2. The molecule has 9 atom stereocenters. The highest BCUT2D eigenvalue weighted by molar-refractivity contribution is 6.08. The molecule has 1 aromatic rings. The molecular formula is C26H35N5O6. The van der Waals surface area contributed by atoms with Gasteiger partial charge in [-0.25, -0.2) is 0 Å². The largest absolute Gasteiger partial charge is 0.508 e. The van der Waals surface area contributed by atoms with Gasteiger partial charge in [0.15, 0.2) is 5.78 Å². The second kappa shape index (κ2) is 8.60. The van der Waals surface area contributed by atoms with Gasteiger partial charge in [0, 0.05) is 41.1 Å². The molecule has 0 aromatic heterocycles. The van der Waals surface area contributed by atoms with Crippen LogP contribution in [0.4, 0.5) is 5.69 Å². The van der Waals surface area contributed by atoms with E-state index in [0.717, 1.165) is 17.7 Å². The van der Waals surface area contributed by atoms with Gasteiger partial charge in [-0.1, -0.05) is 6.08 Å². The van der Waals surface area contributed by atoms with Gasteiger partial charge in [0.25, 0.3) is 0 Å². The Kier molecular flexibility index (Phi) is 6.00. The average Bonchev–Trinajstić information content (AvgIpc) is 2.85. The summed E-state index contributed by atoms with van der Waals surface area (Å²) >= 11 is 0. The normalized spacial score (nSPS) is 40.5. The van der Waals surface area contributed by atoms with E-state index in [4.69, 9.17) is 11.1 Å². The van der Waals surface area contributed by atoms with E-state index in [1.54, 1.807) is 12.1 Å². The Morgan fingerprint density at radius 2 is 2.03 bits per heavy atom. The maximum absolute atomic E-state index is 13.2. The minimum absolute atomic E-state index is 0.00209. The van der Waals surface area contributed by atoms with E-state index >= 15 is 0 Å². The van der Waals surface area contributed by atoms with Crippen molar-refractivity contribution in [3.05, 3.63) is 35.4 Å². The molecule has 0 spiro atoms. The van der Waals surface area contributed by atoms with Crippen molar-refractivity contribution in [2.75, 3.05) is 26.0 Å². The van der Waals surface area contributed by atoms with Crippen LogP contribution in [0.3, 0.4) is 0 Å². The standard InChI is InChI=1S/C26H35N5O6/c1-4-25-8-11-15(14(32)7-10-13(29-2)5-6-31-18(10)11)20(33)17(25)22(27)26(37)12(9-25)19(30-3)21(34)16(23(26)35)24(28)36/h4,7,12-13,16-17,19-20,23,27,29-33,35,37H,1,5-6,8-9H2,2-3H3,(H2,28,36). The Bertz CT molecular complexity index is 1200. The minimum atomic E-state index is -2.31. The molecule has 3 aliphatic carbocycles. The van der Waals surface area contributed by atoms with Gasteiger partial charge in [-0.05, 0) is 50.6 Å². The van der Waals surface area contributed by atoms with E-state index in [2.05, 4.69) is 22.5 Å². The van der Waals surface area contributed by atoms with E-state index in [1.165, 1.54) is 7.05 Å². The third-order valence-electron chi connectivity index (χ3n) is 9.39. The molecular weight excluding hydrogens is 478 g/mol. The van der Waals surface area contributed by atoms with E-state index in [9.17, 15) is 30.0 Å². The van der Waals surface area contributed by atoms with Crippen LogP contribution in [-0.4, -0.2) is 76.2 Å². The quantitative estimate of drug-likeness (QED) is 0.141. The number of phenolic OH excluding ortho intramolecular Hbond substituents is 1. The Balaban J connectivity index is 1.71. The Labute approximate surface area is 214 Å². The number of primary amides is 1. The molecule has 1 amide bonds. The first kappa shape index (κ1) is 25.8. The van der Waals surface area contributed by atoms with Crippen molar-refractivity contribution >= 4 is 23.1 Å². The highest BCUT2D eigenvalue weighted by atomic mass is 16.3. The average molecular weight is 514 g/mol. The van der Waals surface area contributed by atoms with Gasteiger partial charge >= 0.3 is 0 Å². The molecule has 2 saturated carbocycles. The van der Waals surface area contributed by atoms with Gasteiger partial charge in [-0.15, -0.1) is 6.58 Å². The van der Waals surface area contributed by atoms with Crippen LogP contribution in [0.15, 0.2) is 18.7 Å². The number of benzene rings is 1. The lowest BCUT2D eigenvalue weighted by molar-refractivity contribution is -0.174. The number of nitrogens with two attached hydrogens (primary N) is 1. The Morgan fingerprint density at radius 3 is 2.62 bits per heavy atom. The fourth-order valence-electron chi connectivity index (χ4n) is 7.61. The molecule has 1 aliphatic heterocycles. The van der Waals surface area contributed by atoms with Crippen LogP contribution >= 0.6 is 0 Å². The van der Waals surface area contributed by atoms with Crippen LogP contribution in [0.5, 0.6) is 5.75 Å². The number of aliphatic hydroxyl groups is 3. The number of fused-ring (bicyclic) bond motifs is 5. The summed E-state index contributed by atoms with van der Waals surface area (Å²) in [5.41, 5.74) is 4.38. The summed E-state index contributed by atoms with van der Waals surface area (Å²) in [6.07, 6.45) is -0.531. The number of likely N-dealkylation sites (N-methyl/N-ethyl adjacent to an activating group) is 1. The molecule has 1 aromatic carbocycles. The zero-order chi connectivity index (χ0) is 27.0. The summed E-state index contributed by atoms with van der Waals surface area (Å²) in [4.78, 5) is 25.3. The van der Waals surface area contributed by atoms with E-state index in [-0.39, 0.29) is 30.2 Å². The lowest BCUT2D eigenvalue weighted by atomic mass is 9.46. The molecule has 1 heterocycles. The number of aromatic hydroxyl groups is 1. The number of hydrogen-bond acceptors (Lipinski definition) is 10. The summed E-state index contributed by atoms with van der Waals surface area (Å²) in [5.74, 6) is -5.63. The summed E-state index contributed by atoms with van der Waals surface area (Å²) in [6.45, 7) is 4.72. The lowest BCUT2D eigenvalue weighted by Crippen LogP contribution is -2.76. The van der Waals surface area contributed by atoms with Gasteiger partial charge in [0.05, 0.1) is 17.9 Å². The van der Waals surface area contributed by atoms with Crippen molar-refractivity contribution in [3.8, 4) is 5.75 Å². The third-order valence-corrected chi connectivity index (χ3v) is 9.39. The van der Waals surface area contributed by atoms with Crippen LogP contribution in [0, 0.1) is 28.6 Å². The van der Waals surface area contributed by atoms with Crippen LogP contribution in [0.25, 0.3) is 0 Å². The SMILES string of the molecule is C=CC12Cc3c4c(cc(O)c3C(O)C1C(=N)C1(O)C(O)C(C(N)=O)C(=O)C(NC)C1C2)C(NC)CCN4. The van der Waals surface area contributed by atoms with Gasteiger partial charge in [0.2, 0.25) is 5.91 Å². The van der Waals surface area contributed by atoms with Crippen molar-refractivity contribution < 1.29 is 30.0 Å². The minimum Gasteiger partial charge on any atom is -0.508 e. The Morgan fingerprint density at radius 1 is 1.32 bits per heavy atom. The van der Waals surface area contributed by atoms with Crippen LogP contribution < -0.4 is 21.7 Å². The summed E-state index contributed by atoms with van der Waals surface area (Å²) < 4.78 is 0. The first-order valence-corrected chi connectivity index (χ1v) is 12.6. The topological polar surface area (TPSA) is 201 Å². The predicted octanol–water partition coefficient (Wildman–Crippen LogP) is -0.750. The number of anilines is 1. The van der Waals surface area contributed by atoms with Gasteiger partial charge in [0.1, 0.15) is 23.4 Å². The van der Waals surface area contributed by atoms with E-state index in [1.807, 2.05) is 7.05 Å². The fourth-order valence-corrected chi connectivity index (χ4v) is 7.61. The van der Waals surface area contributed by atoms with Crippen LogP contribution in [0.1, 0.15) is 41.7 Å². The summed E-state index contributed by atoms with van der Waals surface area (Å²) in [7, 11) is 3.36. The number of allylic oxidation sites excluding steroid dienone is 1. The summed E-state index contributed by atoms with van der Waals surface area (Å²) in [6, 6.07) is 0.554. The lowest BCUT2D eigenvalue weighted by Gasteiger charge is -2.61. The number of nitrogens with one attached hydrogen (secondary N) is 4. The molecule has 200 valence electrons. The number of phenols is 1. The number of rotatable bonds is 4. The maximum atomic E-state index is 13.2. The molecule has 11 nitrogen and oxygen atoms in total. The van der Waals surface area contributed by atoms with Crippen LogP contribution in [0.2, 0.25) is 0 Å². The van der Waals surface area contributed by atoms with Crippen molar-refractivity contribution in [1.29, 1.82) is 5.41 Å². The highest BCUT2D eigenvalue weighted by Gasteiger charge is 2.69. The second-order valence-corrected chi connectivity index (χ2v) is 10.9. The van der Waals surface area contributed by atoms with E-state index < -0.39 is 64.4 Å². The number of amides is 1. The molecule has 0 radical (unpaired) electrons. The molecule has 2 fully saturated rings. The molecule has 37 heavy (non-hydrogen) atoms. The van der Waals surface area contributed by atoms with Crippen molar-refractivity contribution in [2.24, 2.45) is 28.9 Å². The Hall–Kier alpha value is -2.83. The van der Waals surface area contributed by atoms with Crippen molar-refractivity contribution in [2.45, 2.75) is 49.2 Å². The molecule has 11 heteroatoms. The molecule has 9 unspecified atom stereocenters. The van der Waals surface area contributed by atoms with Gasteiger partial charge in [-0.3, -0.25) is 9.59 Å². The molecule has 0 bridgehead atoms. The molecule has 10 N–H and O–H groups in total. The number of Topliss-reactive ketones (excluding diaryl/α,β-unsaturated/α-hetero) is 1. The predicted molar refractivity (Wildman–Crippen MR) is 135 cm³/mol. The zero-order valence-corrected chi connectivity index (χ0v) is 20.9. The number of carbonyl (C=O) groups excluding carboxylic acids is 2. The first-order valence-electron chi connectivity index (χ1n) is 12.6. The zero-order valence-electron chi connectivity index (χ0n) is 20.9. The second-order valence-electron chi connectivity index (χ2n) is 10.9. The molecule has 0 saturated heterocycles. The first-order chi connectivity index (χ1) is 17.5. The fraction of sp³-hybridized carbons (Fsp3) is 0.577. The number of ketones is 1. The maximum Gasteiger partial charge on any atom is 0.230 e. The third kappa shape index (κ3) is 3.21. The number of aliphatic hydroxyl groups excluding tert-OH is 2. The molecule has 5 rings (SSSR count). The van der Waals surface area contributed by atoms with Crippen molar-refractivity contribution in [1.82, 2.24) is 10.6 Å². The van der Waals surface area contributed by atoms with Crippen molar-refractivity contribution in [3.63, 3.8) is 0 Å². The monoisotopic (exact) mass is 513 g/mol. The highest BCUT2D eigenvalue weighted by Crippen LogP contribution is 2.61. The summed E-state index contributed by atoms with van der Waals surface area (Å²) in [5, 5.41) is 64.5. The van der Waals surface area contributed by atoms with Gasteiger partial charge < -0.3 is 47.5 Å². The van der Waals surface area contributed by atoms with E-state index in [0.29, 0.717) is 12.1 Å². The smallest absolute Gasteiger partial charge is 0.230 e.